The van der Waals surface area contributed by atoms with Gasteiger partial charge in [-0.1, -0.05) is 11.8 Å². The number of thioether (sulfide) groups is 1. The van der Waals surface area contributed by atoms with Gasteiger partial charge in [-0.05, 0) is 0 Å². The van der Waals surface area contributed by atoms with E-state index in [1.165, 1.54) is 0 Å². The fourth-order valence-corrected chi connectivity index (χ4v) is 0.731. The van der Waals surface area contributed by atoms with Crippen LogP contribution in [0, 0.1) is 0 Å². The molecule has 0 saturated carbocycles. The predicted octanol–water partition coefficient (Wildman–Crippen LogP) is -0.533. The molecule has 3 amide bonds. The summed E-state index contributed by atoms with van der Waals surface area (Å²) in [5.41, 5.74) is 9.52. The van der Waals surface area contributed by atoms with Crippen molar-refractivity contribution >= 4 is 23.0 Å². The van der Waals surface area contributed by atoms with Gasteiger partial charge in [0.2, 0.25) is 0 Å². The van der Waals surface area contributed by atoms with E-state index in [0.717, 1.165) is 11.8 Å². The Labute approximate surface area is 62.5 Å². The molecule has 0 aromatic carbocycles. The quantitative estimate of drug-likeness (QED) is 0.487. The summed E-state index contributed by atoms with van der Waals surface area (Å²) >= 11 is 0.942. The van der Waals surface area contributed by atoms with Crippen LogP contribution in [0.15, 0.2) is 0 Å². The number of hydrogen-bond donors (Lipinski definition) is 3. The van der Waals surface area contributed by atoms with E-state index in [-0.39, 0.29) is 0 Å². The first-order chi connectivity index (χ1) is 4.63. The molecule has 10 heavy (non-hydrogen) atoms. The average Bonchev–Trinajstić information content (AvgIpc) is 1.79. The minimum Gasteiger partial charge on any atom is -0.361 e. The predicted molar refractivity (Wildman–Crippen MR) is 39.6 cm³/mol. The zero-order valence-electron chi connectivity index (χ0n) is 5.29. The molecule has 0 aromatic heterocycles. The lowest BCUT2D eigenvalue weighted by Crippen LogP contribution is -2.31. The number of nitrogens with one attached hydrogen (secondary N) is 1. The van der Waals surface area contributed by atoms with E-state index in [4.69, 9.17) is 11.5 Å². The molecule has 0 spiro atoms. The van der Waals surface area contributed by atoms with E-state index in [2.05, 4.69) is 5.32 Å². The number of amides is 3. The molecule has 58 valence electrons. The van der Waals surface area contributed by atoms with Crippen LogP contribution in [0.3, 0.4) is 0 Å². The van der Waals surface area contributed by atoms with E-state index in [9.17, 15) is 9.59 Å². The van der Waals surface area contributed by atoms with Gasteiger partial charge in [-0.15, -0.1) is 0 Å². The Balaban J connectivity index is 3.06. The minimum atomic E-state index is -0.593. The van der Waals surface area contributed by atoms with Gasteiger partial charge < -0.3 is 16.8 Å². The van der Waals surface area contributed by atoms with Gasteiger partial charge in [-0.3, -0.25) is 4.79 Å². The van der Waals surface area contributed by atoms with E-state index in [0.29, 0.717) is 12.3 Å². The van der Waals surface area contributed by atoms with Crippen molar-refractivity contribution in [2.75, 3.05) is 12.3 Å². The zero-order chi connectivity index (χ0) is 7.98. The van der Waals surface area contributed by atoms with E-state index in [1.807, 2.05) is 0 Å². The third kappa shape index (κ3) is 7.09. The van der Waals surface area contributed by atoms with Crippen LogP contribution >= 0.6 is 11.8 Å². The number of carbonyl (C=O) groups excluding carboxylic acids is 2. The SMILES string of the molecule is NC(=O)NCCSC(N)=O. The maximum Gasteiger partial charge on any atom is 0.312 e. The highest BCUT2D eigenvalue weighted by atomic mass is 32.2. The van der Waals surface area contributed by atoms with E-state index in [1.54, 1.807) is 0 Å². The normalized spacial score (nSPS) is 8.80. The van der Waals surface area contributed by atoms with Gasteiger partial charge in [-0.25, -0.2) is 4.79 Å². The summed E-state index contributed by atoms with van der Waals surface area (Å²) in [6.07, 6.45) is 0. The lowest BCUT2D eigenvalue weighted by molar-refractivity contribution is 0.249. The molecule has 0 unspecified atom stereocenters. The second kappa shape index (κ2) is 4.92. The molecule has 0 bridgehead atoms. The highest BCUT2D eigenvalue weighted by molar-refractivity contribution is 8.13. The van der Waals surface area contributed by atoms with Crippen molar-refractivity contribution in [2.45, 2.75) is 0 Å². The molecule has 0 saturated heterocycles. The molecule has 0 rings (SSSR count). The number of carbonyl (C=O) groups is 2. The van der Waals surface area contributed by atoms with Crippen LogP contribution in [0.5, 0.6) is 0 Å². The molecular formula is C4H9N3O2S. The Bertz CT molecular complexity index is 122. The third-order valence-electron chi connectivity index (χ3n) is 0.646. The van der Waals surface area contributed by atoms with Crippen molar-refractivity contribution in [2.24, 2.45) is 11.5 Å². The van der Waals surface area contributed by atoms with Gasteiger partial charge in [-0.2, -0.15) is 0 Å². The van der Waals surface area contributed by atoms with Crippen molar-refractivity contribution in [3.05, 3.63) is 0 Å². The van der Waals surface area contributed by atoms with Gasteiger partial charge >= 0.3 is 6.03 Å². The first-order valence-corrected chi connectivity index (χ1v) is 3.57. The summed E-state index contributed by atoms with van der Waals surface area (Å²) in [6.45, 7) is 0.364. The Morgan fingerprint density at radius 2 is 2.00 bits per heavy atom. The molecule has 6 heteroatoms. The average molecular weight is 163 g/mol. The van der Waals surface area contributed by atoms with Gasteiger partial charge in [0.1, 0.15) is 0 Å². The molecule has 5 N–H and O–H groups in total. The highest BCUT2D eigenvalue weighted by Crippen LogP contribution is 1.95. The van der Waals surface area contributed by atoms with Crippen LogP contribution in [0.25, 0.3) is 0 Å². The summed E-state index contributed by atoms with van der Waals surface area (Å²) < 4.78 is 0. The topological polar surface area (TPSA) is 98.2 Å². The maximum absolute atomic E-state index is 10.1. The van der Waals surface area contributed by atoms with Gasteiger partial charge in [0.05, 0.1) is 0 Å². The van der Waals surface area contributed by atoms with Crippen molar-refractivity contribution in [3.63, 3.8) is 0 Å². The Morgan fingerprint density at radius 1 is 1.40 bits per heavy atom. The number of nitrogens with two attached hydrogens (primary N) is 2. The summed E-state index contributed by atoms with van der Waals surface area (Å²) in [4.78, 5) is 20.1. The highest BCUT2D eigenvalue weighted by Gasteiger charge is 1.94. The van der Waals surface area contributed by atoms with Crippen molar-refractivity contribution < 1.29 is 9.59 Å². The molecule has 0 aliphatic rings. The van der Waals surface area contributed by atoms with E-state index < -0.39 is 11.3 Å². The largest absolute Gasteiger partial charge is 0.361 e. The van der Waals surface area contributed by atoms with Gasteiger partial charge in [0, 0.05) is 12.3 Å². The Morgan fingerprint density at radius 3 is 2.40 bits per heavy atom. The zero-order valence-corrected chi connectivity index (χ0v) is 6.11. The molecule has 0 aromatic rings. The van der Waals surface area contributed by atoms with Crippen molar-refractivity contribution in [1.29, 1.82) is 0 Å². The van der Waals surface area contributed by atoms with Crippen molar-refractivity contribution in [3.8, 4) is 0 Å². The first kappa shape index (κ1) is 9.09. The third-order valence-corrected chi connectivity index (χ3v) is 1.34. The van der Waals surface area contributed by atoms with E-state index >= 15 is 0 Å². The van der Waals surface area contributed by atoms with Crippen LogP contribution in [0.2, 0.25) is 0 Å². The van der Waals surface area contributed by atoms with Crippen LogP contribution < -0.4 is 16.8 Å². The van der Waals surface area contributed by atoms with Crippen LogP contribution in [-0.2, 0) is 0 Å². The van der Waals surface area contributed by atoms with Gasteiger partial charge in [0.25, 0.3) is 5.24 Å². The molecule has 0 heterocycles. The van der Waals surface area contributed by atoms with Crippen LogP contribution in [-0.4, -0.2) is 23.6 Å². The molecule has 5 nitrogen and oxygen atoms in total. The molecule has 0 atom stereocenters. The number of rotatable bonds is 3. The standard InChI is InChI=1S/C4H9N3O2S/c5-3(8)7-1-2-10-4(6)9/h1-2H2,(H2,6,9)(H3,5,7,8). The van der Waals surface area contributed by atoms with Crippen LogP contribution in [0.1, 0.15) is 0 Å². The van der Waals surface area contributed by atoms with Crippen LogP contribution in [0.4, 0.5) is 9.59 Å². The fraction of sp³-hybridized carbons (Fsp3) is 0.500. The Hall–Kier alpha value is -0.910. The maximum atomic E-state index is 10.1. The summed E-state index contributed by atoms with van der Waals surface area (Å²) in [5, 5.41) is 1.86. The minimum absolute atomic E-state index is 0.364. The molecular weight excluding hydrogens is 154 g/mol. The molecule has 0 radical (unpaired) electrons. The molecule has 0 aliphatic heterocycles. The number of hydrogen-bond acceptors (Lipinski definition) is 3. The van der Waals surface area contributed by atoms with Gasteiger partial charge in [0.15, 0.2) is 0 Å². The molecule has 0 fully saturated rings. The number of primary amides is 2. The molecule has 0 aliphatic carbocycles. The second-order valence-corrected chi connectivity index (χ2v) is 2.56. The summed E-state index contributed by atoms with van der Waals surface area (Å²) in [6, 6.07) is -0.593. The summed E-state index contributed by atoms with van der Waals surface area (Å²) in [7, 11) is 0. The first-order valence-electron chi connectivity index (χ1n) is 2.58. The smallest absolute Gasteiger partial charge is 0.312 e. The Kier molecular flexibility index (Phi) is 4.47. The van der Waals surface area contributed by atoms with Crippen molar-refractivity contribution in [1.82, 2.24) is 5.32 Å². The second-order valence-electron chi connectivity index (χ2n) is 1.46. The lowest BCUT2D eigenvalue weighted by atomic mass is 10.7. The summed E-state index contributed by atoms with van der Waals surface area (Å²) in [5.74, 6) is 0.457. The monoisotopic (exact) mass is 163 g/mol. The fourth-order valence-electron chi connectivity index (χ4n) is 0.326. The lowest BCUT2D eigenvalue weighted by Gasteiger charge is -1.97. The number of urea groups is 1.